The molecule has 1 unspecified atom stereocenters. The SMILES string of the molecule is CN(C)C(CNC(=O)c1ccc(Cl)c(S(C)(=O)=O)c1)c1ccccc1. The van der Waals surface area contributed by atoms with E-state index in [0.717, 1.165) is 11.8 Å². The second-order valence-corrected chi connectivity index (χ2v) is 8.41. The predicted molar refractivity (Wildman–Crippen MR) is 99.8 cm³/mol. The van der Waals surface area contributed by atoms with E-state index in [-0.39, 0.29) is 27.4 Å². The van der Waals surface area contributed by atoms with Crippen LogP contribution >= 0.6 is 11.6 Å². The number of amides is 1. The van der Waals surface area contributed by atoms with E-state index in [9.17, 15) is 13.2 Å². The number of sulfone groups is 1. The second-order valence-electron chi connectivity index (χ2n) is 6.02. The van der Waals surface area contributed by atoms with Crippen molar-refractivity contribution in [1.29, 1.82) is 0 Å². The summed E-state index contributed by atoms with van der Waals surface area (Å²) in [5, 5.41) is 2.96. The number of hydrogen-bond donors (Lipinski definition) is 1. The molecular weight excluding hydrogens is 360 g/mol. The Bertz CT molecular complexity index is 852. The summed E-state index contributed by atoms with van der Waals surface area (Å²) in [7, 11) is 0.379. The van der Waals surface area contributed by atoms with Crippen molar-refractivity contribution < 1.29 is 13.2 Å². The van der Waals surface area contributed by atoms with Gasteiger partial charge in [0.25, 0.3) is 5.91 Å². The molecular formula is C18H21ClN2O3S. The van der Waals surface area contributed by atoms with Gasteiger partial charge in [0.05, 0.1) is 16.0 Å². The van der Waals surface area contributed by atoms with E-state index in [1.807, 2.05) is 49.3 Å². The molecule has 1 N–H and O–H groups in total. The third-order valence-corrected chi connectivity index (χ3v) is 5.43. The molecule has 2 rings (SSSR count). The number of benzene rings is 2. The summed E-state index contributed by atoms with van der Waals surface area (Å²) in [6, 6.07) is 14.1. The minimum absolute atomic E-state index is 0.00632. The van der Waals surface area contributed by atoms with Crippen LogP contribution in [0.2, 0.25) is 5.02 Å². The second kappa shape index (κ2) is 7.99. The molecule has 7 heteroatoms. The molecule has 2 aromatic rings. The summed E-state index contributed by atoms with van der Waals surface area (Å²) in [6.45, 7) is 0.396. The lowest BCUT2D eigenvalue weighted by Gasteiger charge is -2.25. The molecule has 0 saturated heterocycles. The smallest absolute Gasteiger partial charge is 0.251 e. The highest BCUT2D eigenvalue weighted by Gasteiger charge is 2.18. The van der Waals surface area contributed by atoms with Crippen molar-refractivity contribution in [2.24, 2.45) is 0 Å². The van der Waals surface area contributed by atoms with Gasteiger partial charge in [-0.1, -0.05) is 41.9 Å². The number of nitrogens with zero attached hydrogens (tertiary/aromatic N) is 1. The van der Waals surface area contributed by atoms with Gasteiger partial charge in [-0.25, -0.2) is 8.42 Å². The van der Waals surface area contributed by atoms with Crippen LogP contribution in [0.3, 0.4) is 0 Å². The van der Waals surface area contributed by atoms with Crippen molar-refractivity contribution in [2.75, 3.05) is 26.9 Å². The fraction of sp³-hybridized carbons (Fsp3) is 0.278. The van der Waals surface area contributed by atoms with E-state index in [1.54, 1.807) is 0 Å². The van der Waals surface area contributed by atoms with E-state index < -0.39 is 9.84 Å². The summed E-state index contributed by atoms with van der Waals surface area (Å²) in [5.41, 5.74) is 1.34. The molecule has 0 aliphatic rings. The molecule has 0 aliphatic carbocycles. The minimum atomic E-state index is -3.50. The number of rotatable bonds is 6. The summed E-state index contributed by atoms with van der Waals surface area (Å²) in [6.07, 6.45) is 1.06. The van der Waals surface area contributed by atoms with Gasteiger partial charge in [-0.2, -0.15) is 0 Å². The van der Waals surface area contributed by atoms with Crippen LogP contribution in [0.5, 0.6) is 0 Å². The van der Waals surface area contributed by atoms with Crippen molar-refractivity contribution in [3.8, 4) is 0 Å². The van der Waals surface area contributed by atoms with Gasteiger partial charge >= 0.3 is 0 Å². The number of carbonyl (C=O) groups is 1. The first kappa shape index (κ1) is 19.4. The number of nitrogens with one attached hydrogen (secondary N) is 1. The van der Waals surface area contributed by atoms with Crippen molar-refractivity contribution in [3.05, 3.63) is 64.7 Å². The van der Waals surface area contributed by atoms with Crippen LogP contribution in [0.4, 0.5) is 0 Å². The fourth-order valence-corrected chi connectivity index (χ4v) is 3.80. The Balaban J connectivity index is 2.17. The molecule has 1 atom stereocenters. The summed E-state index contributed by atoms with van der Waals surface area (Å²) in [5.74, 6) is -0.343. The van der Waals surface area contributed by atoms with Gasteiger partial charge in [0.1, 0.15) is 0 Å². The van der Waals surface area contributed by atoms with Gasteiger partial charge in [-0.05, 0) is 37.9 Å². The van der Waals surface area contributed by atoms with E-state index in [1.165, 1.54) is 18.2 Å². The average molecular weight is 381 g/mol. The lowest BCUT2D eigenvalue weighted by atomic mass is 10.1. The third kappa shape index (κ3) is 5.04. The van der Waals surface area contributed by atoms with Crippen molar-refractivity contribution in [3.63, 3.8) is 0 Å². The molecule has 5 nitrogen and oxygen atoms in total. The average Bonchev–Trinajstić information content (AvgIpc) is 2.55. The molecule has 2 aromatic carbocycles. The molecule has 0 fully saturated rings. The summed E-state index contributed by atoms with van der Waals surface area (Å²) >= 11 is 5.92. The number of halogens is 1. The van der Waals surface area contributed by atoms with Crippen LogP contribution in [0.25, 0.3) is 0 Å². The first-order chi connectivity index (χ1) is 11.7. The van der Waals surface area contributed by atoms with Gasteiger partial charge in [0, 0.05) is 18.4 Å². The first-order valence-electron chi connectivity index (χ1n) is 7.69. The van der Waals surface area contributed by atoms with Crippen LogP contribution in [-0.4, -0.2) is 46.1 Å². The Hall–Kier alpha value is -1.89. The molecule has 0 bridgehead atoms. The molecule has 0 aliphatic heterocycles. The number of carbonyl (C=O) groups excluding carboxylic acids is 1. The fourth-order valence-electron chi connectivity index (χ4n) is 2.49. The third-order valence-electron chi connectivity index (χ3n) is 3.86. The lowest BCUT2D eigenvalue weighted by Crippen LogP contribution is -2.34. The van der Waals surface area contributed by atoms with Crippen LogP contribution in [0.1, 0.15) is 22.0 Å². The van der Waals surface area contributed by atoms with E-state index in [2.05, 4.69) is 5.32 Å². The Morgan fingerprint density at radius 3 is 2.36 bits per heavy atom. The molecule has 0 radical (unpaired) electrons. The Morgan fingerprint density at radius 1 is 1.16 bits per heavy atom. The largest absolute Gasteiger partial charge is 0.350 e. The van der Waals surface area contributed by atoms with E-state index >= 15 is 0 Å². The monoisotopic (exact) mass is 380 g/mol. The zero-order valence-corrected chi connectivity index (χ0v) is 15.9. The van der Waals surface area contributed by atoms with E-state index in [0.29, 0.717) is 6.54 Å². The number of hydrogen-bond acceptors (Lipinski definition) is 4. The van der Waals surface area contributed by atoms with Crippen molar-refractivity contribution in [2.45, 2.75) is 10.9 Å². The van der Waals surface area contributed by atoms with Gasteiger partial charge in [-0.3, -0.25) is 4.79 Å². The molecule has 0 spiro atoms. The van der Waals surface area contributed by atoms with Crippen LogP contribution in [0, 0.1) is 0 Å². The normalized spacial score (nSPS) is 12.8. The highest BCUT2D eigenvalue weighted by atomic mass is 35.5. The Labute approximate surface area is 153 Å². The van der Waals surface area contributed by atoms with Gasteiger partial charge in [0.2, 0.25) is 0 Å². The lowest BCUT2D eigenvalue weighted by molar-refractivity contribution is 0.0941. The highest BCUT2D eigenvalue weighted by molar-refractivity contribution is 7.90. The molecule has 134 valence electrons. The zero-order chi connectivity index (χ0) is 18.6. The zero-order valence-electron chi connectivity index (χ0n) is 14.4. The molecule has 0 saturated carbocycles. The van der Waals surface area contributed by atoms with Crippen LogP contribution in [0.15, 0.2) is 53.4 Å². The van der Waals surface area contributed by atoms with Crippen LogP contribution < -0.4 is 5.32 Å². The molecule has 1 amide bonds. The summed E-state index contributed by atoms with van der Waals surface area (Å²) in [4.78, 5) is 14.4. The number of likely N-dealkylation sites (N-methyl/N-ethyl adjacent to an activating group) is 1. The van der Waals surface area contributed by atoms with Crippen molar-refractivity contribution >= 4 is 27.3 Å². The standard InChI is InChI=1S/C18H21ClN2O3S/c1-21(2)16(13-7-5-4-6-8-13)12-20-18(22)14-9-10-15(19)17(11-14)25(3,23)24/h4-11,16H,12H2,1-3H3,(H,20,22). The van der Waals surface area contributed by atoms with Gasteiger partial charge in [0.15, 0.2) is 9.84 Å². The summed E-state index contributed by atoms with van der Waals surface area (Å²) < 4.78 is 23.5. The maximum absolute atomic E-state index is 12.4. The van der Waals surface area contributed by atoms with Gasteiger partial charge < -0.3 is 10.2 Å². The topological polar surface area (TPSA) is 66.5 Å². The minimum Gasteiger partial charge on any atom is -0.350 e. The molecule has 0 heterocycles. The predicted octanol–water partition coefficient (Wildman–Crippen LogP) is 2.78. The molecule has 0 aromatic heterocycles. The Kier molecular flexibility index (Phi) is 6.21. The quantitative estimate of drug-likeness (QED) is 0.836. The van der Waals surface area contributed by atoms with Crippen molar-refractivity contribution in [1.82, 2.24) is 10.2 Å². The maximum Gasteiger partial charge on any atom is 0.251 e. The van der Waals surface area contributed by atoms with E-state index in [4.69, 9.17) is 11.6 Å². The maximum atomic E-state index is 12.4. The highest BCUT2D eigenvalue weighted by Crippen LogP contribution is 2.23. The van der Waals surface area contributed by atoms with Gasteiger partial charge in [-0.15, -0.1) is 0 Å². The van der Waals surface area contributed by atoms with Crippen LogP contribution in [-0.2, 0) is 9.84 Å². The Morgan fingerprint density at radius 2 is 1.80 bits per heavy atom. The molecule has 25 heavy (non-hydrogen) atoms. The first-order valence-corrected chi connectivity index (χ1v) is 9.96.